The van der Waals surface area contributed by atoms with E-state index in [-0.39, 0.29) is 0 Å². The van der Waals surface area contributed by atoms with Crippen molar-refractivity contribution >= 4 is 0 Å². The third-order valence-corrected chi connectivity index (χ3v) is 3.88. The minimum absolute atomic E-state index is 0.753. The van der Waals surface area contributed by atoms with Gasteiger partial charge in [-0.15, -0.1) is 0 Å². The second kappa shape index (κ2) is 5.83. The van der Waals surface area contributed by atoms with Crippen molar-refractivity contribution in [2.75, 3.05) is 33.4 Å². The predicted molar refractivity (Wildman–Crippen MR) is 62.1 cm³/mol. The topological polar surface area (TPSA) is 24.5 Å². The molecule has 2 aliphatic heterocycles. The third-order valence-electron chi connectivity index (χ3n) is 3.88. The molecule has 2 rings (SSSR count). The van der Waals surface area contributed by atoms with Gasteiger partial charge in [0, 0.05) is 25.3 Å². The summed E-state index contributed by atoms with van der Waals surface area (Å²) in [7, 11) is 2.08. The second-order valence-electron chi connectivity index (χ2n) is 4.80. The van der Waals surface area contributed by atoms with Crippen LogP contribution in [-0.2, 0) is 4.74 Å². The fourth-order valence-electron chi connectivity index (χ4n) is 2.81. The zero-order chi connectivity index (χ0) is 10.5. The van der Waals surface area contributed by atoms with Crippen LogP contribution in [-0.4, -0.2) is 50.3 Å². The molecule has 0 bridgehead atoms. The highest BCUT2D eigenvalue weighted by Gasteiger charge is 2.24. The minimum atomic E-state index is 0.753. The van der Waals surface area contributed by atoms with Gasteiger partial charge < -0.3 is 15.0 Å². The maximum atomic E-state index is 5.52. The minimum Gasteiger partial charge on any atom is -0.381 e. The molecule has 15 heavy (non-hydrogen) atoms. The Morgan fingerprint density at radius 2 is 1.87 bits per heavy atom. The standard InChI is InChI=1S/C12H24N2O/c1-13-11-4-7-14(8-5-11)12-3-2-9-15-10-6-12/h11-13H,2-10H2,1H3. The van der Waals surface area contributed by atoms with Gasteiger partial charge in [0.05, 0.1) is 0 Å². The summed E-state index contributed by atoms with van der Waals surface area (Å²) < 4.78 is 5.52. The number of ether oxygens (including phenoxy) is 1. The fraction of sp³-hybridized carbons (Fsp3) is 1.00. The largest absolute Gasteiger partial charge is 0.381 e. The normalized spacial score (nSPS) is 31.4. The van der Waals surface area contributed by atoms with E-state index in [1.165, 1.54) is 45.2 Å². The molecular formula is C12H24N2O. The first-order valence-electron chi connectivity index (χ1n) is 6.39. The average molecular weight is 212 g/mol. The van der Waals surface area contributed by atoms with Gasteiger partial charge in [-0.05, 0) is 52.2 Å². The highest BCUT2D eigenvalue weighted by atomic mass is 16.5. The van der Waals surface area contributed by atoms with Crippen LogP contribution in [0.5, 0.6) is 0 Å². The number of likely N-dealkylation sites (tertiary alicyclic amines) is 1. The summed E-state index contributed by atoms with van der Waals surface area (Å²) in [6.07, 6.45) is 6.45. The number of hydrogen-bond acceptors (Lipinski definition) is 3. The van der Waals surface area contributed by atoms with Crippen LogP contribution >= 0.6 is 0 Å². The molecule has 0 aromatic rings. The molecule has 0 radical (unpaired) electrons. The molecule has 0 aromatic carbocycles. The van der Waals surface area contributed by atoms with Crippen LogP contribution in [0.2, 0.25) is 0 Å². The smallest absolute Gasteiger partial charge is 0.0480 e. The molecule has 1 unspecified atom stereocenters. The predicted octanol–water partition coefficient (Wildman–Crippen LogP) is 1.24. The van der Waals surface area contributed by atoms with E-state index < -0.39 is 0 Å². The maximum absolute atomic E-state index is 5.52. The highest BCUT2D eigenvalue weighted by molar-refractivity contribution is 4.81. The molecule has 2 heterocycles. The lowest BCUT2D eigenvalue weighted by Crippen LogP contribution is -2.46. The third kappa shape index (κ3) is 3.16. The first kappa shape index (κ1) is 11.4. The van der Waals surface area contributed by atoms with Crippen molar-refractivity contribution in [3.05, 3.63) is 0 Å². The lowest BCUT2D eigenvalue weighted by atomic mass is 10.00. The number of hydrogen-bond donors (Lipinski definition) is 1. The molecule has 2 saturated heterocycles. The molecule has 0 amide bonds. The van der Waals surface area contributed by atoms with Gasteiger partial charge >= 0.3 is 0 Å². The van der Waals surface area contributed by atoms with E-state index in [0.717, 1.165) is 25.3 Å². The number of rotatable bonds is 2. The summed E-state index contributed by atoms with van der Waals surface area (Å²) in [5, 5.41) is 3.39. The maximum Gasteiger partial charge on any atom is 0.0480 e. The summed E-state index contributed by atoms with van der Waals surface area (Å²) in [6.45, 7) is 4.49. The van der Waals surface area contributed by atoms with Crippen molar-refractivity contribution in [2.45, 2.75) is 44.2 Å². The van der Waals surface area contributed by atoms with E-state index in [1.54, 1.807) is 0 Å². The Balaban J connectivity index is 1.78. The van der Waals surface area contributed by atoms with Gasteiger partial charge in [0.2, 0.25) is 0 Å². The molecule has 88 valence electrons. The second-order valence-corrected chi connectivity index (χ2v) is 4.80. The van der Waals surface area contributed by atoms with Crippen LogP contribution in [0.25, 0.3) is 0 Å². The van der Waals surface area contributed by atoms with Crippen molar-refractivity contribution in [2.24, 2.45) is 0 Å². The Bertz CT molecular complexity index is 170. The van der Waals surface area contributed by atoms with Crippen LogP contribution < -0.4 is 5.32 Å². The van der Waals surface area contributed by atoms with E-state index in [2.05, 4.69) is 17.3 Å². The number of nitrogens with zero attached hydrogens (tertiary/aromatic N) is 1. The molecule has 3 nitrogen and oxygen atoms in total. The Morgan fingerprint density at radius 1 is 1.07 bits per heavy atom. The highest BCUT2D eigenvalue weighted by Crippen LogP contribution is 2.20. The van der Waals surface area contributed by atoms with E-state index in [4.69, 9.17) is 4.74 Å². The molecular weight excluding hydrogens is 188 g/mol. The molecule has 1 N–H and O–H groups in total. The van der Waals surface area contributed by atoms with Gasteiger partial charge in [0.15, 0.2) is 0 Å². The van der Waals surface area contributed by atoms with Gasteiger partial charge in [-0.25, -0.2) is 0 Å². The van der Waals surface area contributed by atoms with Gasteiger partial charge in [-0.3, -0.25) is 0 Å². The van der Waals surface area contributed by atoms with Crippen LogP contribution in [0.4, 0.5) is 0 Å². The molecule has 0 saturated carbocycles. The SMILES string of the molecule is CNC1CCN(C2CCCOCC2)CC1. The lowest BCUT2D eigenvalue weighted by molar-refractivity contribution is 0.113. The monoisotopic (exact) mass is 212 g/mol. The summed E-state index contributed by atoms with van der Waals surface area (Å²) in [4.78, 5) is 2.68. The Labute approximate surface area is 93.2 Å². The van der Waals surface area contributed by atoms with E-state index in [9.17, 15) is 0 Å². The van der Waals surface area contributed by atoms with E-state index in [1.807, 2.05) is 0 Å². The Hall–Kier alpha value is -0.120. The molecule has 1 atom stereocenters. The summed E-state index contributed by atoms with van der Waals surface area (Å²) in [5.41, 5.74) is 0. The van der Waals surface area contributed by atoms with Gasteiger partial charge in [-0.1, -0.05) is 0 Å². The van der Waals surface area contributed by atoms with E-state index in [0.29, 0.717) is 0 Å². The number of nitrogens with one attached hydrogen (secondary N) is 1. The Kier molecular flexibility index (Phi) is 4.42. The van der Waals surface area contributed by atoms with Crippen LogP contribution in [0.1, 0.15) is 32.1 Å². The summed E-state index contributed by atoms with van der Waals surface area (Å²) in [6, 6.07) is 1.55. The molecule has 0 spiro atoms. The van der Waals surface area contributed by atoms with Gasteiger partial charge in [0.1, 0.15) is 0 Å². The van der Waals surface area contributed by atoms with Crippen molar-refractivity contribution in [3.63, 3.8) is 0 Å². The van der Waals surface area contributed by atoms with Crippen molar-refractivity contribution in [1.29, 1.82) is 0 Å². The van der Waals surface area contributed by atoms with Crippen LogP contribution in [0, 0.1) is 0 Å². The molecule has 2 fully saturated rings. The van der Waals surface area contributed by atoms with Crippen molar-refractivity contribution in [1.82, 2.24) is 10.2 Å². The molecule has 0 aromatic heterocycles. The van der Waals surface area contributed by atoms with Crippen molar-refractivity contribution < 1.29 is 4.74 Å². The molecule has 2 aliphatic rings. The zero-order valence-corrected chi connectivity index (χ0v) is 9.87. The van der Waals surface area contributed by atoms with Crippen LogP contribution in [0.15, 0.2) is 0 Å². The van der Waals surface area contributed by atoms with Gasteiger partial charge in [0.25, 0.3) is 0 Å². The average Bonchev–Trinajstić information content (AvgIpc) is 2.58. The summed E-state index contributed by atoms with van der Waals surface area (Å²) >= 11 is 0. The fourth-order valence-corrected chi connectivity index (χ4v) is 2.81. The van der Waals surface area contributed by atoms with Crippen molar-refractivity contribution in [3.8, 4) is 0 Å². The Morgan fingerprint density at radius 3 is 2.60 bits per heavy atom. The number of piperidine rings is 1. The lowest BCUT2D eigenvalue weighted by Gasteiger charge is -2.37. The zero-order valence-electron chi connectivity index (χ0n) is 9.87. The summed E-state index contributed by atoms with van der Waals surface area (Å²) in [5.74, 6) is 0. The quantitative estimate of drug-likeness (QED) is 0.745. The molecule has 0 aliphatic carbocycles. The molecule has 3 heteroatoms. The van der Waals surface area contributed by atoms with Gasteiger partial charge in [-0.2, -0.15) is 0 Å². The van der Waals surface area contributed by atoms with E-state index >= 15 is 0 Å². The first-order chi connectivity index (χ1) is 7.40. The first-order valence-corrected chi connectivity index (χ1v) is 6.39. The van der Waals surface area contributed by atoms with Crippen LogP contribution in [0.3, 0.4) is 0 Å².